The number of aryl methyl sites for hydroxylation is 1. The fraction of sp³-hybridized carbons (Fsp3) is 0.235. The van der Waals surface area contributed by atoms with Crippen molar-refractivity contribution in [3.63, 3.8) is 0 Å². The first-order valence-electron chi connectivity index (χ1n) is 7.48. The van der Waals surface area contributed by atoms with E-state index in [0.717, 1.165) is 9.87 Å². The van der Waals surface area contributed by atoms with E-state index >= 15 is 0 Å². The number of nitrogens with zero attached hydrogens (tertiary/aromatic N) is 1. The van der Waals surface area contributed by atoms with Gasteiger partial charge in [0.15, 0.2) is 0 Å². The first-order chi connectivity index (χ1) is 11.8. The summed E-state index contributed by atoms with van der Waals surface area (Å²) in [5.74, 6) is 0. The molecule has 1 fully saturated rings. The molecule has 1 saturated heterocycles. The van der Waals surface area contributed by atoms with E-state index in [9.17, 15) is 13.2 Å². The summed E-state index contributed by atoms with van der Waals surface area (Å²) in [6.07, 6.45) is -0.892. The van der Waals surface area contributed by atoms with E-state index < -0.39 is 22.2 Å². The quantitative estimate of drug-likeness (QED) is 0.662. The lowest BCUT2D eigenvalue weighted by Gasteiger charge is -2.37. The van der Waals surface area contributed by atoms with Crippen molar-refractivity contribution in [2.75, 3.05) is 6.61 Å². The molecule has 0 bridgehead atoms. The van der Waals surface area contributed by atoms with Gasteiger partial charge in [0, 0.05) is 5.02 Å². The van der Waals surface area contributed by atoms with E-state index in [1.165, 1.54) is 12.1 Å². The van der Waals surface area contributed by atoms with Crippen molar-refractivity contribution in [3.05, 3.63) is 64.7 Å². The van der Waals surface area contributed by atoms with Gasteiger partial charge in [-0.25, -0.2) is 13.2 Å². The van der Waals surface area contributed by atoms with Gasteiger partial charge in [0.25, 0.3) is 10.0 Å². The number of alkyl halides is 1. The number of halogens is 2. The molecule has 0 unspecified atom stereocenters. The molecule has 25 heavy (non-hydrogen) atoms. The maximum atomic E-state index is 13.1. The highest BCUT2D eigenvalue weighted by molar-refractivity contribution is 9.09. The smallest absolute Gasteiger partial charge is 0.424 e. The molecule has 0 spiro atoms. The summed E-state index contributed by atoms with van der Waals surface area (Å²) in [5.41, 5.74) is 1.58. The molecule has 1 aliphatic rings. The Morgan fingerprint density at radius 1 is 1.12 bits per heavy atom. The minimum Gasteiger partial charge on any atom is -0.447 e. The lowest BCUT2D eigenvalue weighted by atomic mass is 10.0. The first-order valence-corrected chi connectivity index (χ1v) is 10.2. The molecule has 0 N–H and O–H groups in total. The molecule has 2 aromatic carbocycles. The van der Waals surface area contributed by atoms with Gasteiger partial charge in [0.05, 0.1) is 15.8 Å². The van der Waals surface area contributed by atoms with Gasteiger partial charge in [0.2, 0.25) is 0 Å². The van der Waals surface area contributed by atoms with Gasteiger partial charge in [0.1, 0.15) is 6.61 Å². The van der Waals surface area contributed by atoms with Crippen LogP contribution < -0.4 is 0 Å². The predicted octanol–water partition coefficient (Wildman–Crippen LogP) is 4.29. The van der Waals surface area contributed by atoms with Crippen LogP contribution >= 0.6 is 27.5 Å². The molecular weight excluding hydrogens is 430 g/mol. The van der Waals surface area contributed by atoms with Crippen LogP contribution in [0.5, 0.6) is 0 Å². The number of hydrogen-bond donors (Lipinski definition) is 0. The van der Waals surface area contributed by atoms with E-state index in [2.05, 4.69) is 15.9 Å². The molecule has 2 atom stereocenters. The highest BCUT2D eigenvalue weighted by Crippen LogP contribution is 2.37. The van der Waals surface area contributed by atoms with Crippen LogP contribution in [0.25, 0.3) is 0 Å². The summed E-state index contributed by atoms with van der Waals surface area (Å²) in [7, 11) is -4.07. The summed E-state index contributed by atoms with van der Waals surface area (Å²) in [6.45, 7) is 1.93. The molecule has 0 saturated carbocycles. The van der Waals surface area contributed by atoms with Crippen LogP contribution in [-0.2, 0) is 14.8 Å². The van der Waals surface area contributed by atoms with Gasteiger partial charge < -0.3 is 4.74 Å². The number of rotatable bonds is 3. The van der Waals surface area contributed by atoms with Crippen molar-refractivity contribution in [2.45, 2.75) is 22.7 Å². The summed E-state index contributed by atoms with van der Waals surface area (Å²) < 4.78 is 32.0. The monoisotopic (exact) mass is 443 g/mol. The Labute approximate surface area is 159 Å². The zero-order valence-corrected chi connectivity index (χ0v) is 16.4. The lowest BCUT2D eigenvalue weighted by molar-refractivity contribution is 0.0839. The van der Waals surface area contributed by atoms with E-state index in [4.69, 9.17) is 16.3 Å². The van der Waals surface area contributed by atoms with E-state index in [0.29, 0.717) is 10.6 Å². The average Bonchev–Trinajstić information content (AvgIpc) is 2.58. The number of benzene rings is 2. The number of carbonyl (C=O) groups is 1. The molecule has 0 aliphatic carbocycles. The predicted molar refractivity (Wildman–Crippen MR) is 98.5 cm³/mol. The first kappa shape index (κ1) is 18.2. The van der Waals surface area contributed by atoms with Gasteiger partial charge in [-0.15, -0.1) is 0 Å². The second-order valence-electron chi connectivity index (χ2n) is 5.70. The van der Waals surface area contributed by atoms with Crippen molar-refractivity contribution in [2.24, 2.45) is 0 Å². The lowest BCUT2D eigenvalue weighted by Crippen LogP contribution is -2.49. The van der Waals surface area contributed by atoms with Gasteiger partial charge >= 0.3 is 6.09 Å². The van der Waals surface area contributed by atoms with Crippen LogP contribution in [-0.4, -0.2) is 30.3 Å². The van der Waals surface area contributed by atoms with Crippen molar-refractivity contribution in [3.8, 4) is 0 Å². The highest BCUT2D eigenvalue weighted by atomic mass is 79.9. The van der Waals surface area contributed by atoms with Crippen molar-refractivity contribution in [1.82, 2.24) is 4.31 Å². The standard InChI is InChI=1S/C17H15BrClNO4S/c1-11-2-8-14(9-3-11)25(22,23)20-16(15(18)10-24-17(20)21)12-4-6-13(19)7-5-12/h2-9,15-16H,10H2,1H3/t15-,16+/m0/s1. The van der Waals surface area contributed by atoms with Gasteiger partial charge in [-0.05, 0) is 36.8 Å². The minimum atomic E-state index is -4.07. The van der Waals surface area contributed by atoms with Crippen molar-refractivity contribution >= 4 is 43.6 Å². The number of amides is 1. The number of carbonyl (C=O) groups excluding carboxylic acids is 1. The van der Waals surface area contributed by atoms with Crippen LogP contribution in [0.15, 0.2) is 53.4 Å². The topological polar surface area (TPSA) is 63.7 Å². The fourth-order valence-corrected chi connectivity index (χ4v) is 5.12. The number of sulfonamides is 1. The Kier molecular flexibility index (Phi) is 5.09. The third-order valence-corrected chi connectivity index (χ3v) is 6.71. The average molecular weight is 445 g/mol. The highest BCUT2D eigenvalue weighted by Gasteiger charge is 2.44. The molecule has 1 heterocycles. The summed E-state index contributed by atoms with van der Waals surface area (Å²) in [5, 5.41) is 0.529. The van der Waals surface area contributed by atoms with Crippen LogP contribution in [0.1, 0.15) is 17.2 Å². The Morgan fingerprint density at radius 2 is 1.72 bits per heavy atom. The second-order valence-corrected chi connectivity index (χ2v) is 9.13. The minimum absolute atomic E-state index is 0.0376. The Balaban J connectivity index is 2.09. The molecule has 5 nitrogen and oxygen atoms in total. The summed E-state index contributed by atoms with van der Waals surface area (Å²) in [6, 6.07) is 12.3. The fourth-order valence-electron chi connectivity index (χ4n) is 2.64. The third kappa shape index (κ3) is 3.54. The maximum Gasteiger partial charge on any atom is 0.424 e. The zero-order chi connectivity index (χ0) is 18.2. The van der Waals surface area contributed by atoms with Gasteiger partial charge in [-0.1, -0.05) is 57.4 Å². The van der Waals surface area contributed by atoms with Crippen LogP contribution in [0, 0.1) is 6.92 Å². The van der Waals surface area contributed by atoms with Crippen LogP contribution in [0.2, 0.25) is 5.02 Å². The molecule has 1 aliphatic heterocycles. The second kappa shape index (κ2) is 6.97. The molecule has 132 valence electrons. The van der Waals surface area contributed by atoms with Gasteiger partial charge in [-0.3, -0.25) is 0 Å². The molecule has 0 radical (unpaired) electrons. The van der Waals surface area contributed by atoms with Crippen molar-refractivity contribution in [1.29, 1.82) is 0 Å². The zero-order valence-electron chi connectivity index (χ0n) is 13.2. The number of ether oxygens (including phenoxy) is 1. The third-order valence-electron chi connectivity index (χ3n) is 3.93. The molecular formula is C17H15BrClNO4S. The Bertz CT molecular complexity index is 884. The normalized spacial score (nSPS) is 21.1. The van der Waals surface area contributed by atoms with Crippen molar-refractivity contribution < 1.29 is 17.9 Å². The Hall–Kier alpha value is -1.57. The summed E-state index contributed by atoms with van der Waals surface area (Å²) >= 11 is 9.36. The molecule has 1 amide bonds. The van der Waals surface area contributed by atoms with Gasteiger partial charge in [-0.2, -0.15) is 4.31 Å². The maximum absolute atomic E-state index is 13.1. The molecule has 0 aromatic heterocycles. The SMILES string of the molecule is Cc1ccc(S(=O)(=O)N2C(=O)OC[C@H](Br)[C@H]2c2ccc(Cl)cc2)cc1. The van der Waals surface area contributed by atoms with E-state index in [1.807, 2.05) is 6.92 Å². The largest absolute Gasteiger partial charge is 0.447 e. The Morgan fingerprint density at radius 3 is 2.32 bits per heavy atom. The van der Waals surface area contributed by atoms with Crippen LogP contribution in [0.3, 0.4) is 0 Å². The van der Waals surface area contributed by atoms with Crippen LogP contribution in [0.4, 0.5) is 4.79 Å². The molecule has 2 aromatic rings. The van der Waals surface area contributed by atoms with E-state index in [1.54, 1.807) is 36.4 Å². The molecule has 3 rings (SSSR count). The summed E-state index contributed by atoms with van der Waals surface area (Å²) in [4.78, 5) is 12.0. The number of cyclic esters (lactones) is 1. The number of hydrogen-bond acceptors (Lipinski definition) is 4. The molecule has 8 heteroatoms. The van der Waals surface area contributed by atoms with E-state index in [-0.39, 0.29) is 16.3 Å².